The van der Waals surface area contributed by atoms with Crippen molar-refractivity contribution in [2.45, 2.75) is 32.6 Å². The molecule has 0 unspecified atom stereocenters. The lowest BCUT2D eigenvalue weighted by Crippen LogP contribution is -2.50. The van der Waals surface area contributed by atoms with Gasteiger partial charge < -0.3 is 5.32 Å². The van der Waals surface area contributed by atoms with E-state index in [1.165, 1.54) is 16.7 Å². The maximum atomic E-state index is 14.1. The Labute approximate surface area is 209 Å². The number of amides is 3. The van der Waals surface area contributed by atoms with Crippen LogP contribution in [-0.4, -0.2) is 30.0 Å². The molecule has 7 heteroatoms. The van der Waals surface area contributed by atoms with E-state index in [9.17, 15) is 14.4 Å². The summed E-state index contributed by atoms with van der Waals surface area (Å²) >= 11 is 1.32. The highest BCUT2D eigenvalue weighted by Gasteiger charge is 2.61. The quantitative estimate of drug-likeness (QED) is 0.574. The van der Waals surface area contributed by atoms with Crippen molar-refractivity contribution in [2.24, 2.45) is 0 Å². The van der Waals surface area contributed by atoms with Gasteiger partial charge in [0.15, 0.2) is 0 Å². The van der Waals surface area contributed by atoms with Crippen LogP contribution in [0.5, 0.6) is 0 Å². The van der Waals surface area contributed by atoms with Gasteiger partial charge >= 0.3 is 0 Å². The molecule has 0 radical (unpaired) electrons. The van der Waals surface area contributed by atoms with Gasteiger partial charge in [0.1, 0.15) is 6.54 Å². The lowest BCUT2D eigenvalue weighted by molar-refractivity contribution is -0.124. The summed E-state index contributed by atoms with van der Waals surface area (Å²) in [6.07, 6.45) is 0. The molecular formula is C28H27N3O3S. The third-order valence-corrected chi connectivity index (χ3v) is 8.29. The van der Waals surface area contributed by atoms with E-state index in [4.69, 9.17) is 0 Å². The van der Waals surface area contributed by atoms with E-state index in [-0.39, 0.29) is 30.0 Å². The summed E-state index contributed by atoms with van der Waals surface area (Å²) in [6, 6.07) is 19.0. The van der Waals surface area contributed by atoms with Crippen molar-refractivity contribution in [3.63, 3.8) is 0 Å². The first kappa shape index (κ1) is 23.2. The van der Waals surface area contributed by atoms with Crippen LogP contribution in [0.1, 0.15) is 27.8 Å². The number of para-hydroxylation sites is 1. The Hall–Kier alpha value is -3.58. The minimum Gasteiger partial charge on any atom is -0.325 e. The van der Waals surface area contributed by atoms with Gasteiger partial charge in [0.25, 0.3) is 5.91 Å². The van der Waals surface area contributed by atoms with Crippen molar-refractivity contribution >= 4 is 46.5 Å². The molecule has 0 aromatic heterocycles. The molecule has 2 heterocycles. The number of nitrogens with zero attached hydrogens (tertiary/aromatic N) is 2. The predicted octanol–water partition coefficient (Wildman–Crippen LogP) is 4.84. The SMILES string of the molecule is Cc1ccc(NC(=O)CN2C(=O)[C@@]3(SCC(=O)N3c3ccc(C)c(C)c3)c3ccccc32)cc1C. The van der Waals surface area contributed by atoms with Gasteiger partial charge in [-0.3, -0.25) is 24.2 Å². The molecule has 1 saturated heterocycles. The topological polar surface area (TPSA) is 69.7 Å². The summed E-state index contributed by atoms with van der Waals surface area (Å²) in [5.41, 5.74) is 7.15. The second-order valence-corrected chi connectivity index (χ2v) is 10.4. The zero-order valence-electron chi connectivity index (χ0n) is 20.2. The number of aryl methyl sites for hydroxylation is 4. The standard InChI is InChI=1S/C28H27N3O3S/c1-17-9-11-21(13-19(17)3)29-25(32)15-30-24-8-6-5-7-23(24)28(27(30)34)31(26(33)16-35-28)22-12-10-18(2)20(4)14-22/h5-14H,15-16H2,1-4H3,(H,29,32)/t28-/m0/s1. The summed E-state index contributed by atoms with van der Waals surface area (Å²) in [5.74, 6) is -0.498. The van der Waals surface area contributed by atoms with Gasteiger partial charge in [0.05, 0.1) is 11.4 Å². The summed E-state index contributed by atoms with van der Waals surface area (Å²) < 4.78 is 0. The molecule has 0 saturated carbocycles. The molecule has 3 amide bonds. The highest BCUT2D eigenvalue weighted by Crippen LogP contribution is 2.55. The Morgan fingerprint density at radius 1 is 0.914 bits per heavy atom. The van der Waals surface area contributed by atoms with Gasteiger partial charge in [-0.2, -0.15) is 0 Å². The number of nitrogens with one attached hydrogen (secondary N) is 1. The van der Waals surface area contributed by atoms with E-state index in [1.807, 2.05) is 88.4 Å². The highest BCUT2D eigenvalue weighted by molar-refractivity contribution is 8.02. The Bertz CT molecular complexity index is 1390. The fraction of sp³-hybridized carbons (Fsp3) is 0.250. The molecule has 5 rings (SSSR count). The molecular weight excluding hydrogens is 458 g/mol. The molecule has 35 heavy (non-hydrogen) atoms. The monoisotopic (exact) mass is 485 g/mol. The number of carbonyl (C=O) groups excluding carboxylic acids is 3. The zero-order chi connectivity index (χ0) is 24.9. The Kier molecular flexibility index (Phi) is 5.68. The van der Waals surface area contributed by atoms with Crippen LogP contribution < -0.4 is 15.1 Å². The number of anilines is 3. The molecule has 1 spiro atoms. The van der Waals surface area contributed by atoms with Gasteiger partial charge in [-0.1, -0.05) is 30.3 Å². The molecule has 3 aromatic carbocycles. The van der Waals surface area contributed by atoms with Gasteiger partial charge in [0, 0.05) is 16.9 Å². The van der Waals surface area contributed by atoms with Gasteiger partial charge in [-0.15, -0.1) is 11.8 Å². The smallest absolute Gasteiger partial charge is 0.269 e. The highest BCUT2D eigenvalue weighted by atomic mass is 32.2. The van der Waals surface area contributed by atoms with Crippen molar-refractivity contribution < 1.29 is 14.4 Å². The number of thioether (sulfide) groups is 1. The first-order valence-electron chi connectivity index (χ1n) is 11.5. The van der Waals surface area contributed by atoms with Crippen molar-refractivity contribution in [3.05, 3.63) is 88.5 Å². The fourth-order valence-corrected chi connectivity index (χ4v) is 6.10. The van der Waals surface area contributed by atoms with E-state index in [0.717, 1.165) is 27.8 Å². The van der Waals surface area contributed by atoms with E-state index in [0.29, 0.717) is 17.1 Å². The summed E-state index contributed by atoms with van der Waals surface area (Å²) in [7, 11) is 0. The number of hydrogen-bond donors (Lipinski definition) is 1. The molecule has 2 aliphatic heterocycles. The molecule has 1 atom stereocenters. The molecule has 1 fully saturated rings. The summed E-state index contributed by atoms with van der Waals surface area (Å²) in [5, 5.41) is 2.91. The maximum absolute atomic E-state index is 14.1. The van der Waals surface area contributed by atoms with Crippen molar-refractivity contribution in [3.8, 4) is 0 Å². The molecule has 1 N–H and O–H groups in total. The predicted molar refractivity (Wildman–Crippen MR) is 141 cm³/mol. The molecule has 6 nitrogen and oxygen atoms in total. The van der Waals surface area contributed by atoms with Crippen LogP contribution in [0.25, 0.3) is 0 Å². The Morgan fingerprint density at radius 3 is 2.31 bits per heavy atom. The molecule has 0 bridgehead atoms. The molecule has 2 aliphatic rings. The third-order valence-electron chi connectivity index (χ3n) is 6.90. The van der Waals surface area contributed by atoms with Crippen LogP contribution in [0.3, 0.4) is 0 Å². The van der Waals surface area contributed by atoms with Crippen LogP contribution in [0.15, 0.2) is 60.7 Å². The summed E-state index contributed by atoms with van der Waals surface area (Å²) in [4.78, 5) is 42.2. The van der Waals surface area contributed by atoms with Gasteiger partial charge in [0.2, 0.25) is 16.7 Å². The average molecular weight is 486 g/mol. The van der Waals surface area contributed by atoms with Gasteiger partial charge in [-0.05, 0) is 80.3 Å². The minimum atomic E-state index is -1.23. The average Bonchev–Trinajstić information content (AvgIpc) is 3.29. The van der Waals surface area contributed by atoms with Crippen molar-refractivity contribution in [1.82, 2.24) is 0 Å². The number of carbonyl (C=O) groups is 3. The van der Waals surface area contributed by atoms with Crippen LogP contribution in [-0.2, 0) is 19.3 Å². The fourth-order valence-electron chi connectivity index (χ4n) is 4.74. The third kappa shape index (κ3) is 3.71. The van der Waals surface area contributed by atoms with Gasteiger partial charge in [-0.25, -0.2) is 0 Å². The largest absolute Gasteiger partial charge is 0.325 e. The van der Waals surface area contributed by atoms with E-state index in [1.54, 1.807) is 4.90 Å². The van der Waals surface area contributed by atoms with Crippen LogP contribution in [0, 0.1) is 27.7 Å². The number of hydrogen-bond acceptors (Lipinski definition) is 4. The van der Waals surface area contributed by atoms with Crippen LogP contribution >= 0.6 is 11.8 Å². The zero-order valence-corrected chi connectivity index (χ0v) is 21.0. The second kappa shape index (κ2) is 8.57. The number of benzene rings is 3. The lowest BCUT2D eigenvalue weighted by Gasteiger charge is -2.33. The van der Waals surface area contributed by atoms with Crippen molar-refractivity contribution in [2.75, 3.05) is 27.4 Å². The Morgan fingerprint density at radius 2 is 1.60 bits per heavy atom. The first-order chi connectivity index (χ1) is 16.7. The first-order valence-corrected chi connectivity index (χ1v) is 12.5. The van der Waals surface area contributed by atoms with Crippen LogP contribution in [0.2, 0.25) is 0 Å². The number of fused-ring (bicyclic) bond motifs is 2. The number of rotatable bonds is 4. The normalized spacial score (nSPS) is 19.0. The lowest BCUT2D eigenvalue weighted by atomic mass is 10.0. The minimum absolute atomic E-state index is 0.122. The Balaban J connectivity index is 1.51. The van der Waals surface area contributed by atoms with E-state index in [2.05, 4.69) is 5.32 Å². The molecule has 3 aromatic rings. The van der Waals surface area contributed by atoms with E-state index >= 15 is 0 Å². The van der Waals surface area contributed by atoms with Crippen LogP contribution in [0.4, 0.5) is 17.1 Å². The van der Waals surface area contributed by atoms with Crippen molar-refractivity contribution in [1.29, 1.82) is 0 Å². The molecule has 178 valence electrons. The second-order valence-electron chi connectivity index (χ2n) is 9.19. The molecule has 0 aliphatic carbocycles. The summed E-state index contributed by atoms with van der Waals surface area (Å²) in [6.45, 7) is 7.88. The maximum Gasteiger partial charge on any atom is 0.269 e. The van der Waals surface area contributed by atoms with E-state index < -0.39 is 4.87 Å².